The van der Waals surface area contributed by atoms with E-state index in [1.54, 1.807) is 7.11 Å². The van der Waals surface area contributed by atoms with E-state index in [9.17, 15) is 0 Å². The van der Waals surface area contributed by atoms with Gasteiger partial charge < -0.3 is 20.1 Å². The molecule has 8 nitrogen and oxygen atoms in total. The minimum atomic E-state index is 0.428. The molecular formula is C19H24N6O2. The molecule has 0 aliphatic heterocycles. The van der Waals surface area contributed by atoms with Gasteiger partial charge in [-0.1, -0.05) is 12.1 Å². The fourth-order valence-electron chi connectivity index (χ4n) is 2.52. The van der Waals surface area contributed by atoms with Crippen LogP contribution in [0.2, 0.25) is 0 Å². The van der Waals surface area contributed by atoms with E-state index in [4.69, 9.17) is 9.47 Å². The minimum Gasteiger partial charge on any atom is -0.497 e. The number of rotatable bonds is 8. The van der Waals surface area contributed by atoms with Crippen molar-refractivity contribution in [1.29, 1.82) is 0 Å². The van der Waals surface area contributed by atoms with Crippen LogP contribution in [0.1, 0.15) is 12.7 Å². The molecule has 0 spiro atoms. The number of benzene rings is 1. The Kier molecular flexibility index (Phi) is 6.45. The molecule has 2 aromatic heterocycles. The lowest BCUT2D eigenvalue weighted by atomic mass is 10.3. The molecule has 3 aromatic rings. The van der Waals surface area contributed by atoms with E-state index in [2.05, 4.69) is 25.8 Å². The Morgan fingerprint density at radius 1 is 1.11 bits per heavy atom. The second kappa shape index (κ2) is 9.42. The van der Waals surface area contributed by atoms with Gasteiger partial charge in [-0.15, -0.1) is 10.2 Å². The zero-order valence-corrected chi connectivity index (χ0v) is 15.6. The molecule has 0 amide bonds. The molecule has 0 radical (unpaired) electrons. The summed E-state index contributed by atoms with van der Waals surface area (Å²) in [6.07, 6.45) is 1.93. The largest absolute Gasteiger partial charge is 0.497 e. The number of hydrogen-bond donors (Lipinski definition) is 2. The third kappa shape index (κ3) is 5.10. The number of hydrogen-bond acceptors (Lipinski definition) is 5. The van der Waals surface area contributed by atoms with Crippen LogP contribution >= 0.6 is 0 Å². The van der Waals surface area contributed by atoms with Crippen LogP contribution in [0.25, 0.3) is 5.65 Å². The number of guanidine groups is 1. The number of nitrogens with zero attached hydrogens (tertiary/aromatic N) is 4. The number of methoxy groups -OCH3 is 1. The van der Waals surface area contributed by atoms with Gasteiger partial charge in [-0.2, -0.15) is 0 Å². The zero-order chi connectivity index (χ0) is 18.9. The molecule has 0 aliphatic rings. The summed E-state index contributed by atoms with van der Waals surface area (Å²) in [7, 11) is 1.64. The smallest absolute Gasteiger partial charge is 0.191 e. The van der Waals surface area contributed by atoms with Crippen molar-refractivity contribution in [3.8, 4) is 11.5 Å². The molecular weight excluding hydrogens is 344 g/mol. The predicted molar refractivity (Wildman–Crippen MR) is 104 cm³/mol. The standard InChI is InChI=1S/C19H24N6O2/c1-3-20-19(21-10-12-27-16-8-6-7-15(13-16)26-2)22-14-18-24-23-17-9-4-5-11-25(17)18/h4-9,11,13H,3,10,12,14H2,1-2H3,(H2,20,21,22). The van der Waals surface area contributed by atoms with Gasteiger partial charge in [0.1, 0.15) is 24.7 Å². The monoisotopic (exact) mass is 368 g/mol. The average Bonchev–Trinajstić information content (AvgIpc) is 3.12. The van der Waals surface area contributed by atoms with Crippen LogP contribution in [0.4, 0.5) is 0 Å². The van der Waals surface area contributed by atoms with Crippen molar-refractivity contribution in [2.24, 2.45) is 4.99 Å². The lowest BCUT2D eigenvalue weighted by Gasteiger charge is -2.12. The van der Waals surface area contributed by atoms with Crippen LogP contribution in [-0.2, 0) is 6.54 Å². The topological polar surface area (TPSA) is 85.1 Å². The quantitative estimate of drug-likeness (QED) is 0.359. The maximum absolute atomic E-state index is 5.73. The second-order valence-corrected chi connectivity index (χ2v) is 5.69. The summed E-state index contributed by atoms with van der Waals surface area (Å²) in [6.45, 7) is 4.34. The summed E-state index contributed by atoms with van der Waals surface area (Å²) < 4.78 is 12.9. The first-order valence-corrected chi connectivity index (χ1v) is 8.88. The second-order valence-electron chi connectivity index (χ2n) is 5.69. The van der Waals surface area contributed by atoms with E-state index < -0.39 is 0 Å². The van der Waals surface area contributed by atoms with Crippen molar-refractivity contribution in [2.75, 3.05) is 26.8 Å². The Labute approximate surface area is 158 Å². The maximum Gasteiger partial charge on any atom is 0.191 e. The first kappa shape index (κ1) is 18.5. The molecule has 142 valence electrons. The van der Waals surface area contributed by atoms with Crippen molar-refractivity contribution in [3.63, 3.8) is 0 Å². The van der Waals surface area contributed by atoms with Crippen molar-refractivity contribution < 1.29 is 9.47 Å². The SMILES string of the molecule is CCNC(=NCc1nnc2ccccn12)NCCOc1cccc(OC)c1. The zero-order valence-electron chi connectivity index (χ0n) is 15.6. The van der Waals surface area contributed by atoms with Gasteiger partial charge in [0.05, 0.1) is 13.7 Å². The molecule has 0 atom stereocenters. The van der Waals surface area contributed by atoms with Crippen LogP contribution in [-0.4, -0.2) is 47.4 Å². The Balaban J connectivity index is 1.53. The van der Waals surface area contributed by atoms with Crippen LogP contribution in [0.3, 0.4) is 0 Å². The molecule has 2 N–H and O–H groups in total. The molecule has 0 bridgehead atoms. The summed E-state index contributed by atoms with van der Waals surface area (Å²) in [5.41, 5.74) is 0.812. The van der Waals surface area contributed by atoms with E-state index in [1.165, 1.54) is 0 Å². The molecule has 0 saturated carbocycles. The van der Waals surface area contributed by atoms with Crippen molar-refractivity contribution in [3.05, 3.63) is 54.5 Å². The number of ether oxygens (including phenoxy) is 2. The van der Waals surface area contributed by atoms with Gasteiger partial charge in [-0.25, -0.2) is 4.99 Å². The highest BCUT2D eigenvalue weighted by Crippen LogP contribution is 2.18. The summed E-state index contributed by atoms with van der Waals surface area (Å²) in [5, 5.41) is 14.8. The van der Waals surface area contributed by atoms with Gasteiger partial charge >= 0.3 is 0 Å². The Bertz CT molecular complexity index is 893. The molecule has 0 saturated heterocycles. The van der Waals surface area contributed by atoms with Crippen molar-refractivity contribution in [2.45, 2.75) is 13.5 Å². The first-order valence-electron chi connectivity index (χ1n) is 8.88. The number of fused-ring (bicyclic) bond motifs is 1. The van der Waals surface area contributed by atoms with Crippen LogP contribution in [0, 0.1) is 0 Å². The van der Waals surface area contributed by atoms with Gasteiger partial charge in [0.25, 0.3) is 0 Å². The molecule has 8 heteroatoms. The summed E-state index contributed by atoms with van der Waals surface area (Å²) >= 11 is 0. The average molecular weight is 368 g/mol. The van der Waals surface area contributed by atoms with Crippen LogP contribution in [0.5, 0.6) is 11.5 Å². The molecule has 3 rings (SSSR count). The fourth-order valence-corrected chi connectivity index (χ4v) is 2.52. The van der Waals surface area contributed by atoms with Gasteiger partial charge in [0.2, 0.25) is 0 Å². The number of pyridine rings is 1. The number of aliphatic imine (C=N–C) groups is 1. The van der Waals surface area contributed by atoms with Gasteiger partial charge in [-0.05, 0) is 31.2 Å². The fraction of sp³-hybridized carbons (Fsp3) is 0.316. The van der Waals surface area contributed by atoms with E-state index >= 15 is 0 Å². The Hall–Kier alpha value is -3.29. The highest BCUT2D eigenvalue weighted by molar-refractivity contribution is 5.79. The summed E-state index contributed by atoms with van der Waals surface area (Å²) in [6, 6.07) is 13.3. The maximum atomic E-state index is 5.73. The highest BCUT2D eigenvalue weighted by atomic mass is 16.5. The molecule has 27 heavy (non-hydrogen) atoms. The summed E-state index contributed by atoms with van der Waals surface area (Å²) in [5.74, 6) is 3.04. The van der Waals surface area contributed by atoms with Gasteiger partial charge in [-0.3, -0.25) is 4.40 Å². The predicted octanol–water partition coefficient (Wildman–Crippen LogP) is 1.87. The van der Waals surface area contributed by atoms with E-state index in [0.29, 0.717) is 25.7 Å². The molecule has 1 aromatic carbocycles. The van der Waals surface area contributed by atoms with Crippen molar-refractivity contribution in [1.82, 2.24) is 25.2 Å². The molecule has 2 heterocycles. The van der Waals surface area contributed by atoms with Gasteiger partial charge in [0, 0.05) is 18.8 Å². The van der Waals surface area contributed by atoms with Gasteiger partial charge in [0.15, 0.2) is 17.4 Å². The Morgan fingerprint density at radius 2 is 2.00 bits per heavy atom. The van der Waals surface area contributed by atoms with Crippen molar-refractivity contribution >= 4 is 11.6 Å². The van der Waals surface area contributed by atoms with E-state index in [-0.39, 0.29) is 0 Å². The molecule has 0 unspecified atom stereocenters. The van der Waals surface area contributed by atoms with E-state index in [0.717, 1.165) is 29.5 Å². The lowest BCUT2D eigenvalue weighted by Crippen LogP contribution is -2.39. The molecule has 0 aliphatic carbocycles. The minimum absolute atomic E-state index is 0.428. The third-order valence-electron chi connectivity index (χ3n) is 3.81. The van der Waals surface area contributed by atoms with Crippen LogP contribution < -0.4 is 20.1 Å². The Morgan fingerprint density at radius 3 is 2.85 bits per heavy atom. The van der Waals surface area contributed by atoms with E-state index in [1.807, 2.05) is 60.0 Å². The first-order chi connectivity index (χ1) is 13.3. The number of aromatic nitrogens is 3. The molecule has 0 fully saturated rings. The summed E-state index contributed by atoms with van der Waals surface area (Å²) in [4.78, 5) is 4.57. The number of nitrogens with one attached hydrogen (secondary N) is 2. The normalized spacial score (nSPS) is 11.4. The third-order valence-corrected chi connectivity index (χ3v) is 3.81. The highest BCUT2D eigenvalue weighted by Gasteiger charge is 2.04. The van der Waals surface area contributed by atoms with Crippen LogP contribution in [0.15, 0.2) is 53.7 Å². The lowest BCUT2D eigenvalue weighted by molar-refractivity contribution is 0.319.